The van der Waals surface area contributed by atoms with Gasteiger partial charge in [0.1, 0.15) is 12.4 Å². The van der Waals surface area contributed by atoms with Crippen molar-refractivity contribution in [2.24, 2.45) is 0 Å². The van der Waals surface area contributed by atoms with E-state index in [-0.39, 0.29) is 17.3 Å². The van der Waals surface area contributed by atoms with E-state index in [0.717, 1.165) is 0 Å². The lowest BCUT2D eigenvalue weighted by Crippen LogP contribution is -2.22. The molecule has 24 heavy (non-hydrogen) atoms. The lowest BCUT2D eigenvalue weighted by molar-refractivity contribution is -0.375. The summed E-state index contributed by atoms with van der Waals surface area (Å²) < 4.78 is 0. The van der Waals surface area contributed by atoms with Crippen molar-refractivity contribution in [1.29, 1.82) is 0 Å². The molecule has 0 spiro atoms. The largest absolute Gasteiger partial charge is 0.545 e. The van der Waals surface area contributed by atoms with Crippen LogP contribution in [0.3, 0.4) is 0 Å². The molecule has 0 saturated carbocycles. The smallest absolute Gasteiger partial charge is 0.239 e. The van der Waals surface area contributed by atoms with Crippen molar-refractivity contribution in [3.8, 4) is 0 Å². The third kappa shape index (κ3) is 8.64. The summed E-state index contributed by atoms with van der Waals surface area (Å²) in [6.07, 6.45) is 10.9. The van der Waals surface area contributed by atoms with E-state index in [9.17, 15) is 19.8 Å². The van der Waals surface area contributed by atoms with Gasteiger partial charge in [-0.25, -0.2) is 0 Å². The van der Waals surface area contributed by atoms with Crippen LogP contribution < -0.4 is 21.3 Å². The average molecular weight is 331 g/mol. The number of hydrogen-bond acceptors (Lipinski definition) is 6. The summed E-state index contributed by atoms with van der Waals surface area (Å²) in [5.74, 6) is -2.38. The minimum absolute atomic E-state index is 0. The number of carbonyl (C=O) groups is 2. The second kappa shape index (κ2) is 12.0. The topological polar surface area (TPSA) is 172 Å². The number of aromatic amines is 2. The maximum absolute atomic E-state index is 10.0. The second-order valence-corrected chi connectivity index (χ2v) is 3.87. The Hall–Kier alpha value is -3.59. The Balaban J connectivity index is 0.000000337. The maximum Gasteiger partial charge on any atom is 0.239 e. The zero-order valence-corrected chi connectivity index (χ0v) is 12.9. The first-order chi connectivity index (χ1) is 11.1. The van der Waals surface area contributed by atoms with Crippen LogP contribution in [0.25, 0.3) is 0 Å². The summed E-state index contributed by atoms with van der Waals surface area (Å²) >= 11 is 0. The van der Waals surface area contributed by atoms with Crippen molar-refractivity contribution in [1.82, 2.24) is 21.1 Å². The zero-order chi connectivity index (χ0) is 16.9. The Bertz CT molecular complexity index is 624. The highest BCUT2D eigenvalue weighted by Crippen LogP contribution is 1.91. The molecule has 6 N–H and O–H groups in total. The molecular weight excluding hydrogens is 314 g/mol. The van der Waals surface area contributed by atoms with Gasteiger partial charge < -0.3 is 26.0 Å². The molecule has 0 aromatic carbocycles. The zero-order valence-electron chi connectivity index (χ0n) is 12.9. The average Bonchev–Trinajstić information content (AvgIpc) is 3.17. The van der Waals surface area contributed by atoms with Crippen LogP contribution in [-0.2, 0) is 0 Å². The number of carbonyl (C=O) groups excluding carboxylic acids is 2. The number of aromatic carboxylic acids is 2. The lowest BCUT2D eigenvalue weighted by atomic mass is 10.3. The lowest BCUT2D eigenvalue weighted by Gasteiger charge is -1.97. The van der Waals surface area contributed by atoms with Gasteiger partial charge in [-0.15, -0.1) is 0 Å². The van der Waals surface area contributed by atoms with Gasteiger partial charge in [-0.05, 0) is 12.1 Å². The standard InChI is InChI=1S/2C6H5NO2.C3H4N2.H3N/c2*8-6(9)5-2-1-3-7-4-5;1-2-5-3-4-1;/h2*1-4H,(H,8,9);1-3H,(H,4,5);1H3. The first-order valence-electron chi connectivity index (χ1n) is 6.33. The normalized spacial score (nSPS) is 8.33. The molecule has 3 rings (SSSR count). The molecule has 126 valence electrons. The van der Waals surface area contributed by atoms with Gasteiger partial charge in [0, 0.05) is 35.9 Å². The summed E-state index contributed by atoms with van der Waals surface area (Å²) in [4.78, 5) is 32.9. The molecule has 3 heterocycles. The molecule has 3 aromatic heterocycles. The summed E-state index contributed by atoms with van der Waals surface area (Å²) in [5, 5.41) is 20.1. The highest BCUT2D eigenvalue weighted by atomic mass is 16.4. The number of nitrogens with zero attached hydrogens (tertiary/aromatic N) is 2. The molecule has 3 aromatic rings. The molecule has 0 aliphatic heterocycles. The molecule has 9 heteroatoms. The highest BCUT2D eigenvalue weighted by Gasteiger charge is 1.87. The highest BCUT2D eigenvalue weighted by molar-refractivity contribution is 5.85. The van der Waals surface area contributed by atoms with E-state index >= 15 is 0 Å². The van der Waals surface area contributed by atoms with Gasteiger partial charge in [0.15, 0.2) is 0 Å². The summed E-state index contributed by atoms with van der Waals surface area (Å²) in [6.45, 7) is 0. The molecule has 0 bridgehead atoms. The molecule has 0 saturated heterocycles. The van der Waals surface area contributed by atoms with Crippen molar-refractivity contribution in [3.63, 3.8) is 0 Å². The van der Waals surface area contributed by atoms with E-state index in [2.05, 4.69) is 19.9 Å². The predicted octanol–water partition coefficient (Wildman–Crippen LogP) is -0.905. The number of rotatable bonds is 2. The monoisotopic (exact) mass is 331 g/mol. The molecule has 0 atom stereocenters. The van der Waals surface area contributed by atoms with E-state index in [1.807, 2.05) is 12.4 Å². The Morgan fingerprint density at radius 2 is 1.46 bits per heavy atom. The molecule has 0 fully saturated rings. The Labute approximate surface area is 137 Å². The summed E-state index contributed by atoms with van der Waals surface area (Å²) in [7, 11) is 0. The maximum atomic E-state index is 10.0. The predicted molar refractivity (Wildman–Crippen MR) is 80.5 cm³/mol. The Morgan fingerprint density at radius 1 is 0.958 bits per heavy atom. The minimum atomic E-state index is -1.19. The van der Waals surface area contributed by atoms with Gasteiger partial charge in [-0.2, -0.15) is 0 Å². The van der Waals surface area contributed by atoms with Gasteiger partial charge in [0.05, 0.1) is 11.9 Å². The summed E-state index contributed by atoms with van der Waals surface area (Å²) in [5.41, 5.74) is 0.218. The van der Waals surface area contributed by atoms with E-state index in [4.69, 9.17) is 0 Å². The number of pyridine rings is 2. The molecule has 9 nitrogen and oxygen atoms in total. The number of nitrogens with one attached hydrogen (secondary N) is 2. The Morgan fingerprint density at radius 3 is 1.62 bits per heavy atom. The minimum Gasteiger partial charge on any atom is -0.545 e. The van der Waals surface area contributed by atoms with Crippen molar-refractivity contribution < 1.29 is 24.8 Å². The van der Waals surface area contributed by atoms with Crippen LogP contribution in [0, 0.1) is 0 Å². The van der Waals surface area contributed by atoms with Crippen molar-refractivity contribution in [3.05, 3.63) is 78.9 Å². The SMILES string of the molecule is O=C([O-])c1cccnc1.O=C([O-])c1cccnc1.[NH4+].c1c[nH+]c[nH]1. The van der Waals surface area contributed by atoms with Gasteiger partial charge in [0.25, 0.3) is 0 Å². The number of quaternary nitrogens is 1. The molecule has 0 amide bonds. The Kier molecular flexibility index (Phi) is 10.2. The van der Waals surface area contributed by atoms with Crippen LogP contribution in [0.4, 0.5) is 0 Å². The fourth-order valence-corrected chi connectivity index (χ4v) is 1.21. The molecular formula is C15H17N5O4. The number of aromatic nitrogens is 4. The third-order valence-electron chi connectivity index (χ3n) is 2.24. The second-order valence-electron chi connectivity index (χ2n) is 3.87. The molecule has 0 radical (unpaired) electrons. The van der Waals surface area contributed by atoms with E-state index < -0.39 is 11.9 Å². The third-order valence-corrected chi connectivity index (χ3v) is 2.24. The number of carboxylic acids is 2. The number of carboxylic acid groups (broad SMARTS) is 2. The van der Waals surface area contributed by atoms with Gasteiger partial charge in [-0.1, -0.05) is 12.1 Å². The molecule has 0 aliphatic rings. The van der Waals surface area contributed by atoms with Crippen LogP contribution in [0.5, 0.6) is 0 Å². The van der Waals surface area contributed by atoms with Crippen molar-refractivity contribution in [2.45, 2.75) is 0 Å². The fraction of sp³-hybridized carbons (Fsp3) is 0. The van der Waals surface area contributed by atoms with Crippen molar-refractivity contribution in [2.75, 3.05) is 0 Å². The quantitative estimate of drug-likeness (QED) is 0.615. The van der Waals surface area contributed by atoms with Gasteiger partial charge >= 0.3 is 0 Å². The number of imidazole rings is 1. The first-order valence-corrected chi connectivity index (χ1v) is 6.33. The van der Waals surface area contributed by atoms with Crippen LogP contribution in [-0.4, -0.2) is 26.9 Å². The number of H-pyrrole nitrogens is 2. The molecule has 0 unspecified atom stereocenters. The van der Waals surface area contributed by atoms with Crippen LogP contribution in [0.2, 0.25) is 0 Å². The summed E-state index contributed by atoms with van der Waals surface area (Å²) in [6, 6.07) is 5.96. The van der Waals surface area contributed by atoms with Crippen LogP contribution >= 0.6 is 0 Å². The molecule has 0 aliphatic carbocycles. The van der Waals surface area contributed by atoms with Gasteiger partial charge in [-0.3, -0.25) is 19.9 Å². The van der Waals surface area contributed by atoms with Crippen LogP contribution in [0.1, 0.15) is 20.7 Å². The van der Waals surface area contributed by atoms with Gasteiger partial charge in [0.2, 0.25) is 6.33 Å². The first kappa shape index (κ1) is 20.4. The number of hydrogen-bond donors (Lipinski definition) is 2. The van der Waals surface area contributed by atoms with E-state index in [1.54, 1.807) is 18.5 Å². The fourth-order valence-electron chi connectivity index (χ4n) is 1.21. The van der Waals surface area contributed by atoms with Crippen molar-refractivity contribution >= 4 is 11.9 Å². The van der Waals surface area contributed by atoms with E-state index in [1.165, 1.54) is 36.9 Å². The van der Waals surface area contributed by atoms with E-state index in [0.29, 0.717) is 0 Å². The van der Waals surface area contributed by atoms with Crippen LogP contribution in [0.15, 0.2) is 67.8 Å².